The highest BCUT2D eigenvalue weighted by molar-refractivity contribution is 5.85. The zero-order valence-corrected chi connectivity index (χ0v) is 12.9. The van der Waals surface area contributed by atoms with E-state index in [1.807, 2.05) is 13.0 Å². The molecule has 3 rings (SSSR count). The van der Waals surface area contributed by atoms with Crippen molar-refractivity contribution in [2.24, 2.45) is 0 Å². The van der Waals surface area contributed by atoms with Gasteiger partial charge in [-0.15, -0.1) is 0 Å². The van der Waals surface area contributed by atoms with Gasteiger partial charge >= 0.3 is 6.18 Å². The number of rotatable bonds is 3. The first-order valence-electron chi connectivity index (χ1n) is 7.42. The van der Waals surface area contributed by atoms with Crippen LogP contribution in [0, 0.1) is 6.92 Å². The van der Waals surface area contributed by atoms with Crippen LogP contribution in [0.1, 0.15) is 24.6 Å². The third-order valence-corrected chi connectivity index (χ3v) is 3.69. The zero-order valence-electron chi connectivity index (χ0n) is 12.9. The first kappa shape index (κ1) is 15.5. The molecule has 0 saturated heterocycles. The molecule has 2 heterocycles. The third-order valence-electron chi connectivity index (χ3n) is 3.69. The maximum absolute atomic E-state index is 13.5. The highest BCUT2D eigenvalue weighted by Crippen LogP contribution is 2.38. The van der Waals surface area contributed by atoms with Gasteiger partial charge < -0.3 is 0 Å². The van der Waals surface area contributed by atoms with E-state index in [0.717, 1.165) is 12.5 Å². The number of hydrogen-bond acceptors (Lipinski definition) is 2. The maximum Gasteiger partial charge on any atom is 0.417 e. The van der Waals surface area contributed by atoms with Crippen LogP contribution in [0.5, 0.6) is 0 Å². The molecule has 6 heteroatoms. The second-order valence-electron chi connectivity index (χ2n) is 5.43. The molecule has 0 fully saturated rings. The first-order chi connectivity index (χ1) is 10.9. The molecule has 1 aromatic carbocycles. The summed E-state index contributed by atoms with van der Waals surface area (Å²) < 4.78 is 42.1. The Morgan fingerprint density at radius 2 is 1.83 bits per heavy atom. The summed E-state index contributed by atoms with van der Waals surface area (Å²) in [5.41, 5.74) is 0.927. The van der Waals surface area contributed by atoms with Gasteiger partial charge in [-0.2, -0.15) is 18.3 Å². The molecule has 0 atom stereocenters. The van der Waals surface area contributed by atoms with Gasteiger partial charge in [-0.1, -0.05) is 37.3 Å². The normalized spacial score (nSPS) is 12.0. The minimum atomic E-state index is -4.45. The predicted octanol–water partition coefficient (Wildman–Crippen LogP) is 4.84. The Hall–Kier alpha value is -2.37. The van der Waals surface area contributed by atoms with Crippen LogP contribution >= 0.6 is 0 Å². The van der Waals surface area contributed by atoms with E-state index in [2.05, 4.69) is 10.1 Å². The van der Waals surface area contributed by atoms with Crippen LogP contribution in [0.15, 0.2) is 36.4 Å². The van der Waals surface area contributed by atoms with Gasteiger partial charge in [0, 0.05) is 12.1 Å². The van der Waals surface area contributed by atoms with Gasteiger partial charge in [0.15, 0.2) is 5.65 Å². The number of nitrogens with zero attached hydrogens (tertiary/aromatic N) is 3. The van der Waals surface area contributed by atoms with Gasteiger partial charge in [0.25, 0.3) is 0 Å². The molecule has 0 radical (unpaired) electrons. The molecule has 0 spiro atoms. The summed E-state index contributed by atoms with van der Waals surface area (Å²) in [4.78, 5) is 4.46. The van der Waals surface area contributed by atoms with E-state index in [9.17, 15) is 13.2 Å². The Morgan fingerprint density at radius 3 is 2.43 bits per heavy atom. The highest BCUT2D eigenvalue weighted by atomic mass is 19.4. The van der Waals surface area contributed by atoms with Gasteiger partial charge in [0.1, 0.15) is 0 Å². The van der Waals surface area contributed by atoms with Crippen molar-refractivity contribution >= 4 is 11.0 Å². The molecule has 0 saturated carbocycles. The predicted molar refractivity (Wildman–Crippen MR) is 83.0 cm³/mol. The van der Waals surface area contributed by atoms with E-state index in [4.69, 9.17) is 0 Å². The number of aromatic nitrogens is 3. The summed E-state index contributed by atoms with van der Waals surface area (Å²) in [6.07, 6.45) is -3.68. The van der Waals surface area contributed by atoms with Crippen molar-refractivity contribution in [3.8, 4) is 11.3 Å². The summed E-state index contributed by atoms with van der Waals surface area (Å²) in [6.45, 7) is 4.08. The Morgan fingerprint density at radius 1 is 1.13 bits per heavy atom. The van der Waals surface area contributed by atoms with Crippen molar-refractivity contribution in [2.75, 3.05) is 0 Å². The number of alkyl halides is 3. The minimum absolute atomic E-state index is 0.0885. The lowest BCUT2D eigenvalue weighted by Gasteiger charge is -2.11. The fraction of sp³-hybridized carbons (Fsp3) is 0.294. The molecule has 3 aromatic rings. The molecule has 3 nitrogen and oxygen atoms in total. The van der Waals surface area contributed by atoms with Crippen LogP contribution in [0.3, 0.4) is 0 Å². The number of aryl methyl sites for hydroxylation is 2. The number of hydrogen-bond donors (Lipinski definition) is 0. The summed E-state index contributed by atoms with van der Waals surface area (Å²) in [6, 6.07) is 10.00. The van der Waals surface area contributed by atoms with Crippen molar-refractivity contribution in [1.29, 1.82) is 0 Å². The first-order valence-corrected chi connectivity index (χ1v) is 7.42. The molecular weight excluding hydrogens is 303 g/mol. The summed E-state index contributed by atoms with van der Waals surface area (Å²) in [5, 5.41) is 4.33. The number of benzene rings is 1. The second kappa shape index (κ2) is 5.68. The van der Waals surface area contributed by atoms with E-state index in [1.54, 1.807) is 35.9 Å². The summed E-state index contributed by atoms with van der Waals surface area (Å²) >= 11 is 0. The van der Waals surface area contributed by atoms with E-state index >= 15 is 0 Å². The Labute approximate surface area is 131 Å². The Kier molecular flexibility index (Phi) is 3.83. The molecule has 0 amide bonds. The van der Waals surface area contributed by atoms with Crippen molar-refractivity contribution < 1.29 is 13.2 Å². The monoisotopic (exact) mass is 319 g/mol. The average Bonchev–Trinajstić information content (AvgIpc) is 2.83. The molecule has 0 bridgehead atoms. The fourth-order valence-electron chi connectivity index (χ4n) is 2.70. The van der Waals surface area contributed by atoms with Gasteiger partial charge in [0.2, 0.25) is 0 Å². The lowest BCUT2D eigenvalue weighted by molar-refractivity contribution is -0.136. The summed E-state index contributed by atoms with van der Waals surface area (Å²) in [7, 11) is 0. The van der Waals surface area contributed by atoms with Crippen LogP contribution in [0.4, 0.5) is 13.2 Å². The molecular formula is C17H16F3N3. The molecule has 120 valence electrons. The number of fused-ring (bicyclic) bond motifs is 1. The summed E-state index contributed by atoms with van der Waals surface area (Å²) in [5.74, 6) is 0. The Bertz CT molecular complexity index is 836. The second-order valence-corrected chi connectivity index (χ2v) is 5.43. The molecule has 2 aromatic heterocycles. The SMILES string of the molecule is CCCn1nc(C)c2c(C(F)(F)F)cc(-c3ccccc3)nc21. The van der Waals surface area contributed by atoms with Gasteiger partial charge in [0.05, 0.1) is 22.3 Å². The van der Waals surface area contributed by atoms with E-state index < -0.39 is 11.7 Å². The third kappa shape index (κ3) is 2.81. The maximum atomic E-state index is 13.5. The van der Waals surface area contributed by atoms with Crippen LogP contribution in [0.2, 0.25) is 0 Å². The lowest BCUT2D eigenvalue weighted by atomic mass is 10.1. The smallest absolute Gasteiger partial charge is 0.247 e. The molecule has 0 aliphatic heterocycles. The molecule has 0 N–H and O–H groups in total. The van der Waals surface area contributed by atoms with Crippen LogP contribution in [-0.2, 0) is 12.7 Å². The standard InChI is InChI=1S/C17H16F3N3/c1-3-9-23-16-15(11(2)22-23)13(17(18,19)20)10-14(21-16)12-7-5-4-6-8-12/h4-8,10H,3,9H2,1-2H3. The van der Waals surface area contributed by atoms with E-state index in [-0.39, 0.29) is 11.0 Å². The largest absolute Gasteiger partial charge is 0.417 e. The van der Waals surface area contributed by atoms with Crippen molar-refractivity contribution in [1.82, 2.24) is 14.8 Å². The molecule has 23 heavy (non-hydrogen) atoms. The molecule has 0 unspecified atom stereocenters. The molecule has 0 aliphatic carbocycles. The van der Waals surface area contributed by atoms with Crippen LogP contribution in [-0.4, -0.2) is 14.8 Å². The zero-order chi connectivity index (χ0) is 16.6. The van der Waals surface area contributed by atoms with Gasteiger partial charge in [-0.25, -0.2) is 9.67 Å². The lowest BCUT2D eigenvalue weighted by Crippen LogP contribution is -2.08. The van der Waals surface area contributed by atoms with Crippen LogP contribution in [0.25, 0.3) is 22.3 Å². The van der Waals surface area contributed by atoms with Gasteiger partial charge in [-0.05, 0) is 19.4 Å². The minimum Gasteiger partial charge on any atom is -0.247 e. The quantitative estimate of drug-likeness (QED) is 0.692. The van der Waals surface area contributed by atoms with Crippen molar-refractivity contribution in [2.45, 2.75) is 33.0 Å². The average molecular weight is 319 g/mol. The Balaban J connectivity index is 2.34. The highest BCUT2D eigenvalue weighted by Gasteiger charge is 2.35. The number of halogens is 3. The van der Waals surface area contributed by atoms with Crippen LogP contribution < -0.4 is 0 Å². The topological polar surface area (TPSA) is 30.7 Å². The van der Waals surface area contributed by atoms with Crippen molar-refractivity contribution in [3.63, 3.8) is 0 Å². The van der Waals surface area contributed by atoms with Crippen molar-refractivity contribution in [3.05, 3.63) is 47.7 Å². The van der Waals surface area contributed by atoms with Gasteiger partial charge in [-0.3, -0.25) is 0 Å². The molecule has 0 aliphatic rings. The van der Waals surface area contributed by atoms with E-state index in [0.29, 0.717) is 23.5 Å². The van der Waals surface area contributed by atoms with E-state index in [1.165, 1.54) is 0 Å². The number of pyridine rings is 1. The fourth-order valence-corrected chi connectivity index (χ4v) is 2.70.